The smallest absolute Gasteiger partial charge is 0.360 e. The SMILES string of the molecule is CCOC(=O)c1nnc(Cl)c2cc(-c3ccc(Cl)cc3)sc12. The number of fused-ring (bicyclic) bond motifs is 1. The number of thiophene rings is 1. The lowest BCUT2D eigenvalue weighted by atomic mass is 10.2. The molecule has 0 amide bonds. The van der Waals surface area contributed by atoms with E-state index in [2.05, 4.69) is 10.2 Å². The van der Waals surface area contributed by atoms with Crippen LogP contribution in [0.4, 0.5) is 0 Å². The van der Waals surface area contributed by atoms with Crippen molar-refractivity contribution in [1.29, 1.82) is 0 Å². The number of hydrogen-bond donors (Lipinski definition) is 0. The van der Waals surface area contributed by atoms with Crippen molar-refractivity contribution in [2.24, 2.45) is 0 Å². The van der Waals surface area contributed by atoms with Crippen molar-refractivity contribution in [2.75, 3.05) is 6.61 Å². The minimum absolute atomic E-state index is 0.187. The van der Waals surface area contributed by atoms with Gasteiger partial charge in [-0.3, -0.25) is 0 Å². The number of benzene rings is 1. The average Bonchev–Trinajstić information content (AvgIpc) is 2.94. The van der Waals surface area contributed by atoms with Gasteiger partial charge in [-0.1, -0.05) is 35.3 Å². The highest BCUT2D eigenvalue weighted by atomic mass is 35.5. The molecule has 0 radical (unpaired) electrons. The van der Waals surface area contributed by atoms with E-state index in [0.717, 1.165) is 10.4 Å². The Labute approximate surface area is 140 Å². The van der Waals surface area contributed by atoms with Crippen molar-refractivity contribution in [2.45, 2.75) is 6.92 Å². The number of ether oxygens (including phenoxy) is 1. The number of carbonyl (C=O) groups excluding carboxylic acids is 1. The third-order valence-corrected chi connectivity index (χ3v) is 4.73. The molecule has 0 aliphatic heterocycles. The molecule has 0 aliphatic carbocycles. The summed E-state index contributed by atoms with van der Waals surface area (Å²) in [4.78, 5) is 12.9. The molecule has 0 aliphatic rings. The van der Waals surface area contributed by atoms with E-state index in [1.165, 1.54) is 11.3 Å². The molecule has 0 fully saturated rings. The van der Waals surface area contributed by atoms with Crippen molar-refractivity contribution in [3.8, 4) is 10.4 Å². The van der Waals surface area contributed by atoms with Crippen LogP contribution in [-0.4, -0.2) is 22.8 Å². The van der Waals surface area contributed by atoms with E-state index >= 15 is 0 Å². The van der Waals surface area contributed by atoms with Gasteiger partial charge in [-0.2, -0.15) is 0 Å². The highest BCUT2D eigenvalue weighted by Gasteiger charge is 2.19. The summed E-state index contributed by atoms with van der Waals surface area (Å²) in [6.07, 6.45) is 0. The van der Waals surface area contributed by atoms with Gasteiger partial charge in [0.05, 0.1) is 11.3 Å². The molecule has 0 N–H and O–H groups in total. The summed E-state index contributed by atoms with van der Waals surface area (Å²) in [5.74, 6) is -0.499. The molecule has 3 aromatic rings. The molecule has 2 aromatic heterocycles. The van der Waals surface area contributed by atoms with Crippen molar-refractivity contribution in [3.05, 3.63) is 46.2 Å². The Balaban J connectivity index is 2.15. The van der Waals surface area contributed by atoms with Crippen molar-refractivity contribution in [3.63, 3.8) is 0 Å². The molecule has 4 nitrogen and oxygen atoms in total. The fourth-order valence-corrected chi connectivity index (χ4v) is 3.51. The second-order valence-electron chi connectivity index (χ2n) is 4.42. The highest BCUT2D eigenvalue weighted by Crippen LogP contribution is 2.37. The quantitative estimate of drug-likeness (QED) is 0.632. The van der Waals surface area contributed by atoms with E-state index in [1.807, 2.05) is 30.3 Å². The monoisotopic (exact) mass is 352 g/mol. The molecule has 112 valence electrons. The van der Waals surface area contributed by atoms with E-state index in [1.54, 1.807) is 6.92 Å². The Morgan fingerprint density at radius 3 is 2.64 bits per heavy atom. The van der Waals surface area contributed by atoms with E-state index < -0.39 is 5.97 Å². The van der Waals surface area contributed by atoms with Gasteiger partial charge >= 0.3 is 5.97 Å². The van der Waals surface area contributed by atoms with E-state index in [0.29, 0.717) is 15.1 Å². The lowest BCUT2D eigenvalue weighted by Crippen LogP contribution is -2.08. The van der Waals surface area contributed by atoms with Crippen LogP contribution >= 0.6 is 34.5 Å². The minimum Gasteiger partial charge on any atom is -0.461 e. The number of hydrogen-bond acceptors (Lipinski definition) is 5. The molecule has 0 atom stereocenters. The number of carbonyl (C=O) groups is 1. The Hall–Kier alpha value is -1.69. The normalized spacial score (nSPS) is 10.9. The van der Waals surface area contributed by atoms with Crippen LogP contribution in [-0.2, 0) is 4.74 Å². The maximum atomic E-state index is 12.0. The summed E-state index contributed by atoms with van der Waals surface area (Å²) in [7, 11) is 0. The number of aromatic nitrogens is 2. The van der Waals surface area contributed by atoms with Gasteiger partial charge in [0.15, 0.2) is 10.8 Å². The van der Waals surface area contributed by atoms with Crippen LogP contribution in [0.15, 0.2) is 30.3 Å². The predicted molar refractivity (Wildman–Crippen MR) is 88.8 cm³/mol. The molecule has 7 heteroatoms. The van der Waals surface area contributed by atoms with Crippen LogP contribution < -0.4 is 0 Å². The van der Waals surface area contributed by atoms with Crippen LogP contribution in [0.25, 0.3) is 20.5 Å². The standard InChI is InChI=1S/C15H10Cl2N2O2S/c1-2-21-15(20)12-13-10(14(17)19-18-12)7-11(22-13)8-3-5-9(16)6-4-8/h3-7H,2H2,1H3. The number of rotatable bonds is 3. The fourth-order valence-electron chi connectivity index (χ4n) is 2.00. The number of nitrogens with zero attached hydrogens (tertiary/aromatic N) is 2. The number of halogens is 2. The lowest BCUT2D eigenvalue weighted by molar-refractivity contribution is 0.0521. The molecule has 1 aromatic carbocycles. The second-order valence-corrected chi connectivity index (χ2v) is 6.27. The molecule has 0 saturated heterocycles. The highest BCUT2D eigenvalue weighted by molar-refractivity contribution is 7.22. The summed E-state index contributed by atoms with van der Waals surface area (Å²) in [6.45, 7) is 2.02. The molecule has 0 spiro atoms. The van der Waals surface area contributed by atoms with Gasteiger partial charge in [0.1, 0.15) is 0 Å². The van der Waals surface area contributed by atoms with E-state index in [4.69, 9.17) is 27.9 Å². The maximum Gasteiger partial charge on any atom is 0.360 e. The maximum absolute atomic E-state index is 12.0. The zero-order valence-corrected chi connectivity index (χ0v) is 13.8. The summed E-state index contributed by atoms with van der Waals surface area (Å²) < 4.78 is 5.68. The fraction of sp³-hybridized carbons (Fsp3) is 0.133. The molecular weight excluding hydrogens is 343 g/mol. The molecule has 0 saturated carbocycles. The minimum atomic E-state index is -0.499. The zero-order valence-electron chi connectivity index (χ0n) is 11.5. The van der Waals surface area contributed by atoms with E-state index in [-0.39, 0.29) is 17.5 Å². The molecule has 2 heterocycles. The molecule has 0 bridgehead atoms. The Kier molecular flexibility index (Phi) is 4.29. The van der Waals surface area contributed by atoms with Gasteiger partial charge in [-0.05, 0) is 30.7 Å². The second kappa shape index (κ2) is 6.20. The Bertz CT molecular complexity index is 847. The Morgan fingerprint density at radius 2 is 1.95 bits per heavy atom. The largest absolute Gasteiger partial charge is 0.461 e. The Morgan fingerprint density at radius 1 is 1.23 bits per heavy atom. The third-order valence-electron chi connectivity index (χ3n) is 3.00. The van der Waals surface area contributed by atoms with Gasteiger partial charge < -0.3 is 4.74 Å². The van der Waals surface area contributed by atoms with Crippen molar-refractivity contribution >= 4 is 50.6 Å². The first-order chi connectivity index (χ1) is 10.6. The first-order valence-corrected chi connectivity index (χ1v) is 8.06. The van der Waals surface area contributed by atoms with Crippen molar-refractivity contribution < 1.29 is 9.53 Å². The van der Waals surface area contributed by atoms with E-state index in [9.17, 15) is 4.79 Å². The first-order valence-electron chi connectivity index (χ1n) is 6.49. The van der Waals surface area contributed by atoms with Crippen LogP contribution in [0.3, 0.4) is 0 Å². The summed E-state index contributed by atoms with van der Waals surface area (Å²) >= 11 is 13.4. The van der Waals surface area contributed by atoms with Crippen molar-refractivity contribution in [1.82, 2.24) is 10.2 Å². The topological polar surface area (TPSA) is 52.1 Å². The molecular formula is C15H10Cl2N2O2S. The predicted octanol–water partition coefficient (Wildman–Crippen LogP) is 4.84. The van der Waals surface area contributed by atoms with Gasteiger partial charge in [0.25, 0.3) is 0 Å². The summed E-state index contributed by atoms with van der Waals surface area (Å²) in [6, 6.07) is 9.33. The van der Waals surface area contributed by atoms with Crippen LogP contribution in [0.2, 0.25) is 10.2 Å². The molecule has 3 rings (SSSR count). The van der Waals surface area contributed by atoms with Gasteiger partial charge in [-0.15, -0.1) is 21.5 Å². The molecule has 22 heavy (non-hydrogen) atoms. The third kappa shape index (κ3) is 2.79. The molecule has 0 unspecified atom stereocenters. The number of esters is 1. The van der Waals surface area contributed by atoms with Crippen LogP contribution in [0.5, 0.6) is 0 Å². The van der Waals surface area contributed by atoms with Crippen LogP contribution in [0.1, 0.15) is 17.4 Å². The lowest BCUT2D eigenvalue weighted by Gasteiger charge is -2.01. The summed E-state index contributed by atoms with van der Waals surface area (Å²) in [5.41, 5.74) is 1.17. The van der Waals surface area contributed by atoms with Crippen LogP contribution in [0, 0.1) is 0 Å². The van der Waals surface area contributed by atoms with Gasteiger partial charge in [0, 0.05) is 15.3 Å². The first kappa shape index (κ1) is 15.2. The van der Waals surface area contributed by atoms with Gasteiger partial charge in [-0.25, -0.2) is 4.79 Å². The zero-order chi connectivity index (χ0) is 15.7. The average molecular weight is 353 g/mol. The summed E-state index contributed by atoms with van der Waals surface area (Å²) in [5, 5.41) is 9.33. The van der Waals surface area contributed by atoms with Gasteiger partial charge in [0.2, 0.25) is 0 Å².